The number of ether oxygens (including phenoxy) is 1. The number of rotatable bonds is 5. The van der Waals surface area contributed by atoms with Crippen LogP contribution in [0.4, 0.5) is 4.39 Å². The van der Waals surface area contributed by atoms with E-state index in [2.05, 4.69) is 9.97 Å². The SMILES string of the molecule is CCCN(C)C(=O)c1cnc(-c2cc3ncc(F)c(Cl)c3o2)c(OC)c1. The lowest BCUT2D eigenvalue weighted by Crippen LogP contribution is -2.27. The second-order valence-electron chi connectivity index (χ2n) is 5.75. The van der Waals surface area contributed by atoms with Gasteiger partial charge >= 0.3 is 0 Å². The molecule has 0 atom stereocenters. The predicted molar refractivity (Wildman–Crippen MR) is 96.0 cm³/mol. The van der Waals surface area contributed by atoms with Gasteiger partial charge in [0.1, 0.15) is 22.0 Å². The summed E-state index contributed by atoms with van der Waals surface area (Å²) in [7, 11) is 3.20. The Balaban J connectivity index is 2.03. The van der Waals surface area contributed by atoms with Crippen molar-refractivity contribution in [3.63, 3.8) is 0 Å². The lowest BCUT2D eigenvalue weighted by molar-refractivity contribution is 0.0794. The quantitative estimate of drug-likeness (QED) is 0.667. The largest absolute Gasteiger partial charge is 0.494 e. The monoisotopic (exact) mass is 377 g/mol. The van der Waals surface area contributed by atoms with E-state index in [4.69, 9.17) is 20.8 Å². The Morgan fingerprint density at radius 3 is 2.81 bits per heavy atom. The van der Waals surface area contributed by atoms with Gasteiger partial charge in [-0.3, -0.25) is 4.79 Å². The summed E-state index contributed by atoms with van der Waals surface area (Å²) >= 11 is 5.92. The summed E-state index contributed by atoms with van der Waals surface area (Å²) in [6.07, 6.45) is 3.34. The minimum atomic E-state index is -0.667. The number of pyridine rings is 2. The molecule has 0 spiro atoms. The molecule has 0 bridgehead atoms. The van der Waals surface area contributed by atoms with Crippen LogP contribution in [0.5, 0.6) is 5.75 Å². The maximum atomic E-state index is 13.5. The average Bonchev–Trinajstić information content (AvgIpc) is 3.08. The van der Waals surface area contributed by atoms with E-state index < -0.39 is 5.82 Å². The number of furan rings is 1. The van der Waals surface area contributed by atoms with Crippen LogP contribution in [0.2, 0.25) is 5.02 Å². The average molecular weight is 378 g/mol. The van der Waals surface area contributed by atoms with Gasteiger partial charge in [0.25, 0.3) is 5.91 Å². The van der Waals surface area contributed by atoms with Gasteiger partial charge in [0, 0.05) is 25.9 Å². The molecule has 1 amide bonds. The summed E-state index contributed by atoms with van der Waals surface area (Å²) in [5, 5.41) is -0.145. The molecule has 0 radical (unpaired) electrons. The van der Waals surface area contributed by atoms with Crippen LogP contribution in [0.3, 0.4) is 0 Å². The van der Waals surface area contributed by atoms with E-state index in [1.54, 1.807) is 24.1 Å². The number of carbonyl (C=O) groups is 1. The molecule has 0 aliphatic rings. The summed E-state index contributed by atoms with van der Waals surface area (Å²) in [4.78, 5) is 22.3. The summed E-state index contributed by atoms with van der Waals surface area (Å²) in [6, 6.07) is 3.19. The second-order valence-corrected chi connectivity index (χ2v) is 6.12. The van der Waals surface area contributed by atoms with Gasteiger partial charge in [0.05, 0.1) is 18.9 Å². The minimum Gasteiger partial charge on any atom is -0.494 e. The van der Waals surface area contributed by atoms with Crippen LogP contribution in [0.1, 0.15) is 23.7 Å². The van der Waals surface area contributed by atoms with Gasteiger partial charge < -0.3 is 14.1 Å². The third kappa shape index (κ3) is 3.22. The van der Waals surface area contributed by atoms with Gasteiger partial charge in [-0.15, -0.1) is 0 Å². The van der Waals surface area contributed by atoms with Gasteiger partial charge in [-0.2, -0.15) is 0 Å². The summed E-state index contributed by atoms with van der Waals surface area (Å²) in [5.41, 5.74) is 1.31. The van der Waals surface area contributed by atoms with E-state index in [1.165, 1.54) is 13.3 Å². The highest BCUT2D eigenvalue weighted by molar-refractivity contribution is 6.34. The first-order chi connectivity index (χ1) is 12.5. The number of hydrogen-bond donors (Lipinski definition) is 0. The molecule has 3 rings (SSSR count). The molecule has 8 heteroatoms. The number of halogens is 2. The zero-order valence-corrected chi connectivity index (χ0v) is 15.3. The van der Waals surface area contributed by atoms with E-state index in [0.717, 1.165) is 12.6 Å². The predicted octanol–water partition coefficient (Wildman–Crippen LogP) is 4.17. The first kappa shape index (κ1) is 18.1. The molecule has 0 aliphatic heterocycles. The Morgan fingerprint density at radius 1 is 1.35 bits per heavy atom. The van der Waals surface area contributed by atoms with E-state index in [9.17, 15) is 9.18 Å². The minimum absolute atomic E-state index is 0.133. The zero-order chi connectivity index (χ0) is 18.8. The molecule has 26 heavy (non-hydrogen) atoms. The van der Waals surface area contributed by atoms with Crippen molar-refractivity contribution in [1.29, 1.82) is 0 Å². The number of nitrogens with zero attached hydrogens (tertiary/aromatic N) is 3. The highest BCUT2D eigenvalue weighted by Crippen LogP contribution is 2.35. The Morgan fingerprint density at radius 2 is 2.12 bits per heavy atom. The fraction of sp³-hybridized carbons (Fsp3) is 0.278. The van der Waals surface area contributed by atoms with Crippen molar-refractivity contribution >= 4 is 28.6 Å². The van der Waals surface area contributed by atoms with Gasteiger partial charge in [-0.05, 0) is 12.5 Å². The Hall–Kier alpha value is -2.67. The van der Waals surface area contributed by atoms with Crippen molar-refractivity contribution < 1.29 is 18.3 Å². The van der Waals surface area contributed by atoms with Crippen molar-refractivity contribution in [1.82, 2.24) is 14.9 Å². The maximum Gasteiger partial charge on any atom is 0.255 e. The van der Waals surface area contributed by atoms with E-state index in [0.29, 0.717) is 34.8 Å². The first-order valence-corrected chi connectivity index (χ1v) is 8.37. The van der Waals surface area contributed by atoms with Crippen LogP contribution in [0.15, 0.2) is 28.9 Å². The van der Waals surface area contributed by atoms with Crippen molar-refractivity contribution in [3.05, 3.63) is 40.9 Å². The topological polar surface area (TPSA) is 68.5 Å². The molecular weight excluding hydrogens is 361 g/mol. The zero-order valence-electron chi connectivity index (χ0n) is 14.5. The molecular formula is C18H17ClFN3O3. The van der Waals surface area contributed by atoms with Crippen molar-refractivity contribution in [2.24, 2.45) is 0 Å². The molecule has 0 aromatic carbocycles. The first-order valence-electron chi connectivity index (χ1n) is 7.99. The molecule has 0 saturated heterocycles. The molecule has 3 aromatic rings. The molecule has 3 aromatic heterocycles. The van der Waals surface area contributed by atoms with Crippen LogP contribution in [0.25, 0.3) is 22.6 Å². The smallest absolute Gasteiger partial charge is 0.255 e. The number of aromatic nitrogens is 2. The van der Waals surface area contributed by atoms with Crippen molar-refractivity contribution in [2.45, 2.75) is 13.3 Å². The third-order valence-corrected chi connectivity index (χ3v) is 4.25. The Kier molecular flexibility index (Phi) is 5.08. The molecule has 0 aliphatic carbocycles. The summed E-state index contributed by atoms with van der Waals surface area (Å²) < 4.78 is 24.5. The fourth-order valence-electron chi connectivity index (χ4n) is 2.60. The normalized spacial score (nSPS) is 11.0. The maximum absolute atomic E-state index is 13.5. The van der Waals surface area contributed by atoms with Crippen LogP contribution in [0, 0.1) is 5.82 Å². The highest BCUT2D eigenvalue weighted by atomic mass is 35.5. The van der Waals surface area contributed by atoms with E-state index in [1.807, 2.05) is 6.92 Å². The molecule has 0 fully saturated rings. The number of hydrogen-bond acceptors (Lipinski definition) is 5. The molecule has 0 saturated carbocycles. The molecule has 3 heterocycles. The summed E-state index contributed by atoms with van der Waals surface area (Å²) in [5.74, 6) is -0.144. The summed E-state index contributed by atoms with van der Waals surface area (Å²) in [6.45, 7) is 2.64. The van der Waals surface area contributed by atoms with Crippen LogP contribution in [-0.4, -0.2) is 41.5 Å². The lowest BCUT2D eigenvalue weighted by Gasteiger charge is -2.16. The van der Waals surface area contributed by atoms with Gasteiger partial charge in [0.2, 0.25) is 0 Å². The molecule has 6 nitrogen and oxygen atoms in total. The van der Waals surface area contributed by atoms with Crippen LogP contribution in [-0.2, 0) is 0 Å². The van der Waals surface area contributed by atoms with E-state index >= 15 is 0 Å². The number of fused-ring (bicyclic) bond motifs is 1. The van der Waals surface area contributed by atoms with Crippen molar-refractivity contribution in [3.8, 4) is 17.2 Å². The highest BCUT2D eigenvalue weighted by Gasteiger charge is 2.20. The second kappa shape index (κ2) is 7.29. The molecule has 0 N–H and O–H groups in total. The van der Waals surface area contributed by atoms with Crippen LogP contribution < -0.4 is 4.74 Å². The molecule has 0 unspecified atom stereocenters. The third-order valence-electron chi connectivity index (χ3n) is 3.90. The standard InChI is InChI=1S/C18H17ClFN3O3/c1-4-5-23(2)18(24)10-6-13(25-3)16(22-8-10)14-7-12-17(26-14)15(19)11(20)9-21-12/h6-9H,4-5H2,1-3H3. The fourth-order valence-corrected chi connectivity index (χ4v) is 2.79. The van der Waals surface area contributed by atoms with Gasteiger partial charge in [-0.1, -0.05) is 18.5 Å². The number of carbonyl (C=O) groups excluding carboxylic acids is 1. The number of amides is 1. The Labute approximate surface area is 154 Å². The van der Waals surface area contributed by atoms with Crippen molar-refractivity contribution in [2.75, 3.05) is 20.7 Å². The lowest BCUT2D eigenvalue weighted by atomic mass is 10.2. The van der Waals surface area contributed by atoms with Gasteiger partial charge in [0.15, 0.2) is 17.2 Å². The number of methoxy groups -OCH3 is 1. The van der Waals surface area contributed by atoms with Crippen LogP contribution >= 0.6 is 11.6 Å². The van der Waals surface area contributed by atoms with Gasteiger partial charge in [-0.25, -0.2) is 14.4 Å². The molecule has 136 valence electrons. The Bertz CT molecular complexity index is 974. The van der Waals surface area contributed by atoms with E-state index in [-0.39, 0.29) is 16.5 Å².